The van der Waals surface area contributed by atoms with Gasteiger partial charge in [-0.05, 0) is 22.9 Å². The molecular formula is C12H13ClN2OS. The zero-order valence-corrected chi connectivity index (χ0v) is 10.6. The molecule has 2 rings (SSSR count). The average molecular weight is 269 g/mol. The summed E-state index contributed by atoms with van der Waals surface area (Å²) >= 11 is 1.55. The number of halogens is 1. The van der Waals surface area contributed by atoms with Crippen molar-refractivity contribution in [3.05, 3.63) is 42.5 Å². The quantitative estimate of drug-likeness (QED) is 0.266. The van der Waals surface area contributed by atoms with Crippen LogP contribution in [0.25, 0.3) is 10.8 Å². The molecule has 0 bridgehead atoms. The molecule has 0 saturated heterocycles. The zero-order chi connectivity index (χ0) is 11.4. The number of amidine groups is 1. The summed E-state index contributed by atoms with van der Waals surface area (Å²) in [4.78, 5) is 1.12. The highest BCUT2D eigenvalue weighted by atomic mass is 35.5. The first-order valence-corrected chi connectivity index (χ1v) is 5.86. The molecule has 0 spiro atoms. The third kappa shape index (κ3) is 3.54. The van der Waals surface area contributed by atoms with Crippen LogP contribution in [0.5, 0.6) is 0 Å². The Kier molecular flexibility index (Phi) is 5.12. The van der Waals surface area contributed by atoms with Crippen LogP contribution in [0.1, 0.15) is 1.43 Å². The first-order valence-electron chi connectivity index (χ1n) is 4.87. The van der Waals surface area contributed by atoms with Gasteiger partial charge in [-0.25, -0.2) is 0 Å². The lowest BCUT2D eigenvalue weighted by Crippen LogP contribution is -3.00. The van der Waals surface area contributed by atoms with E-state index in [0.717, 1.165) is 4.90 Å². The number of rotatable bonds is 3. The standard InChI is InChI=1S/C12H12N2OS.ClH/c13-12(14-15)8-16-11-6-5-9-3-1-2-4-10(9)7-11;/h1-7,15H,8H2,(H2,13,14);1H. The van der Waals surface area contributed by atoms with Gasteiger partial charge in [0.15, 0.2) is 0 Å². The molecule has 2 aromatic carbocycles. The largest absolute Gasteiger partial charge is 1.00 e. The molecule has 0 fully saturated rings. The SMILES string of the molecule is N/C(CSc1ccc2ccccc2c1)=N\O.[Cl-].[H+]. The summed E-state index contributed by atoms with van der Waals surface area (Å²) < 4.78 is 0. The molecule has 17 heavy (non-hydrogen) atoms. The van der Waals surface area contributed by atoms with Crippen molar-refractivity contribution in [1.82, 2.24) is 0 Å². The van der Waals surface area contributed by atoms with Gasteiger partial charge in [-0.1, -0.05) is 35.5 Å². The van der Waals surface area contributed by atoms with Crippen LogP contribution in [0.2, 0.25) is 0 Å². The van der Waals surface area contributed by atoms with E-state index in [2.05, 4.69) is 29.4 Å². The maximum atomic E-state index is 8.43. The van der Waals surface area contributed by atoms with Crippen LogP contribution in [0.3, 0.4) is 0 Å². The van der Waals surface area contributed by atoms with Gasteiger partial charge in [0.05, 0.1) is 5.75 Å². The van der Waals surface area contributed by atoms with Crippen molar-refractivity contribution in [3.63, 3.8) is 0 Å². The molecule has 0 aliphatic heterocycles. The molecule has 0 atom stereocenters. The Morgan fingerprint density at radius 3 is 2.65 bits per heavy atom. The van der Waals surface area contributed by atoms with Gasteiger partial charge in [0.1, 0.15) is 5.84 Å². The zero-order valence-electron chi connectivity index (χ0n) is 10.0. The highest BCUT2D eigenvalue weighted by Crippen LogP contribution is 2.23. The molecule has 0 radical (unpaired) electrons. The van der Waals surface area contributed by atoms with Crippen molar-refractivity contribution in [2.75, 3.05) is 5.75 Å². The van der Waals surface area contributed by atoms with Crippen LogP contribution in [-0.2, 0) is 0 Å². The fraction of sp³-hybridized carbons (Fsp3) is 0.0833. The van der Waals surface area contributed by atoms with E-state index in [-0.39, 0.29) is 19.7 Å². The van der Waals surface area contributed by atoms with Gasteiger partial charge in [-0.2, -0.15) is 0 Å². The number of benzene rings is 2. The second kappa shape index (κ2) is 6.37. The summed E-state index contributed by atoms with van der Waals surface area (Å²) in [5, 5.41) is 13.8. The number of hydrogen-bond acceptors (Lipinski definition) is 3. The summed E-state index contributed by atoms with van der Waals surface area (Å²) in [5.41, 5.74) is 5.41. The molecule has 0 unspecified atom stereocenters. The van der Waals surface area contributed by atoms with Crippen LogP contribution in [-0.4, -0.2) is 16.8 Å². The van der Waals surface area contributed by atoms with E-state index < -0.39 is 0 Å². The number of nitrogens with zero attached hydrogens (tertiary/aromatic N) is 1. The lowest BCUT2D eigenvalue weighted by Gasteiger charge is -2.02. The molecule has 0 aliphatic carbocycles. The fourth-order valence-electron chi connectivity index (χ4n) is 1.44. The topological polar surface area (TPSA) is 58.6 Å². The Morgan fingerprint density at radius 1 is 1.24 bits per heavy atom. The lowest BCUT2D eigenvalue weighted by molar-refractivity contribution is -0.00000405. The molecular weight excluding hydrogens is 256 g/mol. The van der Waals surface area contributed by atoms with Crippen molar-refractivity contribution in [2.45, 2.75) is 4.90 Å². The average Bonchev–Trinajstić information content (AvgIpc) is 2.35. The van der Waals surface area contributed by atoms with Crippen LogP contribution < -0.4 is 18.1 Å². The van der Waals surface area contributed by atoms with Crippen molar-refractivity contribution >= 4 is 28.4 Å². The summed E-state index contributed by atoms with van der Waals surface area (Å²) in [5.74, 6) is 0.729. The minimum absolute atomic E-state index is 0. The number of thioether (sulfide) groups is 1. The molecule has 2 aromatic rings. The normalized spacial score (nSPS) is 11.2. The minimum Gasteiger partial charge on any atom is -1.00 e. The Labute approximate surface area is 112 Å². The summed E-state index contributed by atoms with van der Waals surface area (Å²) in [6, 6.07) is 14.4. The Hall–Kier alpha value is -1.39. The van der Waals surface area contributed by atoms with Crippen LogP contribution >= 0.6 is 11.8 Å². The smallest absolute Gasteiger partial charge is 1.00 e. The van der Waals surface area contributed by atoms with E-state index in [1.165, 1.54) is 10.8 Å². The van der Waals surface area contributed by atoms with E-state index in [0.29, 0.717) is 5.75 Å². The van der Waals surface area contributed by atoms with Crippen molar-refractivity contribution in [2.24, 2.45) is 10.9 Å². The predicted octanol–water partition coefficient (Wildman–Crippen LogP) is -0.205. The number of nitrogens with two attached hydrogens (primary N) is 1. The van der Waals surface area contributed by atoms with Gasteiger partial charge in [0.25, 0.3) is 0 Å². The Balaban J connectivity index is 0.00000144. The van der Waals surface area contributed by atoms with Gasteiger partial charge in [-0.3, -0.25) is 0 Å². The molecule has 0 heterocycles. The molecule has 3 N–H and O–H groups in total. The summed E-state index contributed by atoms with van der Waals surface area (Å²) in [6.07, 6.45) is 0. The highest BCUT2D eigenvalue weighted by molar-refractivity contribution is 8.00. The van der Waals surface area contributed by atoms with E-state index in [4.69, 9.17) is 10.9 Å². The van der Waals surface area contributed by atoms with E-state index >= 15 is 0 Å². The van der Waals surface area contributed by atoms with E-state index in [1.54, 1.807) is 11.8 Å². The monoisotopic (exact) mass is 268 g/mol. The van der Waals surface area contributed by atoms with Gasteiger partial charge in [0.2, 0.25) is 0 Å². The molecule has 90 valence electrons. The van der Waals surface area contributed by atoms with E-state index in [1.807, 2.05) is 18.2 Å². The second-order valence-electron chi connectivity index (χ2n) is 3.39. The first-order chi connectivity index (χ1) is 7.79. The third-order valence-corrected chi connectivity index (χ3v) is 3.26. The van der Waals surface area contributed by atoms with Gasteiger partial charge >= 0.3 is 1.43 Å². The molecule has 0 aromatic heterocycles. The molecule has 0 saturated carbocycles. The molecule has 0 amide bonds. The molecule has 3 nitrogen and oxygen atoms in total. The fourth-order valence-corrected chi connectivity index (χ4v) is 2.19. The maximum Gasteiger partial charge on any atom is 1.00 e. The van der Waals surface area contributed by atoms with E-state index in [9.17, 15) is 0 Å². The third-order valence-electron chi connectivity index (χ3n) is 2.24. The lowest BCUT2D eigenvalue weighted by atomic mass is 10.1. The molecule has 5 heteroatoms. The van der Waals surface area contributed by atoms with Gasteiger partial charge in [-0.15, -0.1) is 11.8 Å². The number of oxime groups is 1. The van der Waals surface area contributed by atoms with Crippen molar-refractivity contribution in [3.8, 4) is 0 Å². The van der Waals surface area contributed by atoms with Crippen molar-refractivity contribution < 1.29 is 19.0 Å². The predicted molar refractivity (Wildman–Crippen MR) is 69.2 cm³/mol. The van der Waals surface area contributed by atoms with Crippen molar-refractivity contribution in [1.29, 1.82) is 0 Å². The maximum absolute atomic E-state index is 8.43. The minimum atomic E-state index is 0. The Morgan fingerprint density at radius 2 is 1.94 bits per heavy atom. The van der Waals surface area contributed by atoms with Crippen LogP contribution in [0, 0.1) is 0 Å². The summed E-state index contributed by atoms with van der Waals surface area (Å²) in [7, 11) is 0. The highest BCUT2D eigenvalue weighted by Gasteiger charge is 1.99. The van der Waals surface area contributed by atoms with Gasteiger partial charge in [0, 0.05) is 4.90 Å². The number of fused-ring (bicyclic) bond motifs is 1. The van der Waals surface area contributed by atoms with Crippen LogP contribution in [0.15, 0.2) is 52.5 Å². The molecule has 0 aliphatic rings. The van der Waals surface area contributed by atoms with Crippen LogP contribution in [0.4, 0.5) is 0 Å². The number of hydrogen-bond donors (Lipinski definition) is 2. The second-order valence-corrected chi connectivity index (χ2v) is 4.44. The summed E-state index contributed by atoms with van der Waals surface area (Å²) in [6.45, 7) is 0. The van der Waals surface area contributed by atoms with Gasteiger partial charge < -0.3 is 23.3 Å². The Bertz CT molecular complexity index is 536. The first kappa shape index (κ1) is 13.7.